The molecule has 1 heterocycles. The first-order valence-corrected chi connectivity index (χ1v) is 9.42. The number of rotatable bonds is 6. The number of aromatic nitrogens is 1. The number of thiazole rings is 1. The van der Waals surface area contributed by atoms with Crippen molar-refractivity contribution in [1.82, 2.24) is 15.6 Å². The molecule has 1 aromatic heterocycles. The largest absolute Gasteiger partial charge is 0.496 e. The summed E-state index contributed by atoms with van der Waals surface area (Å²) in [6.45, 7) is 8.27. The Bertz CT molecular complexity index is 701. The summed E-state index contributed by atoms with van der Waals surface area (Å²) >= 11 is 5.22. The lowest BCUT2D eigenvalue weighted by atomic mass is 10.2. The number of aryl methyl sites for hydroxylation is 2. The molecule has 2 rings (SSSR count). The van der Waals surface area contributed by atoms with E-state index in [1.807, 2.05) is 25.1 Å². The fourth-order valence-electron chi connectivity index (χ4n) is 2.09. The first kappa shape index (κ1) is 22.2. The quantitative estimate of drug-likeness (QED) is 0.325. The van der Waals surface area contributed by atoms with Crippen LogP contribution < -0.4 is 15.4 Å². The van der Waals surface area contributed by atoms with Crippen LogP contribution in [0.5, 0.6) is 5.75 Å². The Morgan fingerprint density at radius 1 is 1.32 bits per heavy atom. The van der Waals surface area contributed by atoms with E-state index in [0.717, 1.165) is 39.0 Å². The molecule has 0 saturated heterocycles. The molecule has 0 unspecified atom stereocenters. The van der Waals surface area contributed by atoms with Crippen LogP contribution in [0.3, 0.4) is 0 Å². The fourth-order valence-corrected chi connectivity index (χ4v) is 3.56. The van der Waals surface area contributed by atoms with Gasteiger partial charge >= 0.3 is 0 Å². The fraction of sp³-hybridized carbons (Fsp3) is 0.412. The molecule has 2 N–H and O–H groups in total. The van der Waals surface area contributed by atoms with Gasteiger partial charge in [0.2, 0.25) is 0 Å². The lowest BCUT2D eigenvalue weighted by Gasteiger charge is -2.10. The molecule has 0 amide bonds. The van der Waals surface area contributed by atoms with Crippen LogP contribution in [0, 0.1) is 13.8 Å². The second-order valence-electron chi connectivity index (χ2n) is 5.27. The van der Waals surface area contributed by atoms with Gasteiger partial charge in [-0.05, 0) is 54.4 Å². The zero-order valence-corrected chi connectivity index (χ0v) is 19.6. The standard InChI is InChI=1S/C17H23BrN4OS.HI/c1-5-19-17(21-10-16-22-11(2)12(3)24-16)20-9-13-6-7-15(23-4)14(18)8-13;/h6-8H,5,9-10H2,1-4H3,(H2,19,20,21);1H. The minimum absolute atomic E-state index is 0. The minimum atomic E-state index is 0. The number of ether oxygens (including phenoxy) is 1. The first-order valence-electron chi connectivity index (χ1n) is 7.81. The van der Waals surface area contributed by atoms with E-state index in [4.69, 9.17) is 4.74 Å². The topological polar surface area (TPSA) is 58.5 Å². The third-order valence-electron chi connectivity index (χ3n) is 3.46. The lowest BCUT2D eigenvalue weighted by molar-refractivity contribution is 0.412. The SMILES string of the molecule is CCNC(=NCc1ccc(OC)c(Br)c1)NCc1nc(C)c(C)s1.I. The molecule has 0 fully saturated rings. The van der Waals surface area contributed by atoms with Gasteiger partial charge in [0, 0.05) is 11.4 Å². The number of aliphatic imine (C=N–C) groups is 1. The van der Waals surface area contributed by atoms with E-state index < -0.39 is 0 Å². The molecule has 5 nitrogen and oxygen atoms in total. The molecule has 2 aromatic rings. The van der Waals surface area contributed by atoms with Gasteiger partial charge in [-0.25, -0.2) is 9.98 Å². The molecule has 0 bridgehead atoms. The molecule has 0 spiro atoms. The molecule has 0 aliphatic heterocycles. The maximum Gasteiger partial charge on any atom is 0.191 e. The van der Waals surface area contributed by atoms with Gasteiger partial charge in [0.25, 0.3) is 0 Å². The summed E-state index contributed by atoms with van der Waals surface area (Å²) in [7, 11) is 1.66. The maximum absolute atomic E-state index is 5.25. The van der Waals surface area contributed by atoms with Gasteiger partial charge in [0.05, 0.1) is 30.4 Å². The molecule has 0 saturated carbocycles. The second-order valence-corrected chi connectivity index (χ2v) is 7.41. The Morgan fingerprint density at radius 3 is 2.64 bits per heavy atom. The van der Waals surface area contributed by atoms with Gasteiger partial charge in [0.1, 0.15) is 10.8 Å². The summed E-state index contributed by atoms with van der Waals surface area (Å²) in [6.07, 6.45) is 0. The van der Waals surface area contributed by atoms with Crippen LogP contribution in [-0.4, -0.2) is 24.6 Å². The average Bonchev–Trinajstić information content (AvgIpc) is 2.88. The lowest BCUT2D eigenvalue weighted by Crippen LogP contribution is -2.36. The van der Waals surface area contributed by atoms with Crippen molar-refractivity contribution in [2.45, 2.75) is 33.9 Å². The highest BCUT2D eigenvalue weighted by molar-refractivity contribution is 14.0. The van der Waals surface area contributed by atoms with Gasteiger partial charge in [-0.1, -0.05) is 6.07 Å². The van der Waals surface area contributed by atoms with Crippen molar-refractivity contribution in [1.29, 1.82) is 0 Å². The number of hydrogen-bond acceptors (Lipinski definition) is 4. The van der Waals surface area contributed by atoms with Gasteiger partial charge in [0.15, 0.2) is 5.96 Å². The van der Waals surface area contributed by atoms with E-state index >= 15 is 0 Å². The molecule has 0 atom stereocenters. The molecule has 25 heavy (non-hydrogen) atoms. The zero-order valence-electron chi connectivity index (χ0n) is 14.9. The summed E-state index contributed by atoms with van der Waals surface area (Å²) in [4.78, 5) is 10.4. The summed E-state index contributed by atoms with van der Waals surface area (Å²) < 4.78 is 6.18. The van der Waals surface area contributed by atoms with Crippen LogP contribution in [0.2, 0.25) is 0 Å². The molecule has 138 valence electrons. The summed E-state index contributed by atoms with van der Waals surface area (Å²) in [5.41, 5.74) is 2.21. The van der Waals surface area contributed by atoms with Gasteiger partial charge in [-0.3, -0.25) is 0 Å². The molecular weight excluding hydrogens is 515 g/mol. The predicted octanol–water partition coefficient (Wildman–Crippen LogP) is 4.40. The number of halogens is 2. The molecule has 0 aliphatic carbocycles. The normalized spacial score (nSPS) is 11.0. The predicted molar refractivity (Wildman–Crippen MR) is 119 cm³/mol. The smallest absolute Gasteiger partial charge is 0.191 e. The number of methoxy groups -OCH3 is 1. The number of nitrogens with one attached hydrogen (secondary N) is 2. The molecule has 0 aliphatic rings. The van der Waals surface area contributed by atoms with Crippen molar-refractivity contribution < 1.29 is 4.74 Å². The Balaban J connectivity index is 0.00000312. The molecule has 1 aromatic carbocycles. The summed E-state index contributed by atoms with van der Waals surface area (Å²) in [5, 5.41) is 7.67. The molecule has 0 radical (unpaired) electrons. The van der Waals surface area contributed by atoms with Crippen molar-refractivity contribution in [3.8, 4) is 5.75 Å². The minimum Gasteiger partial charge on any atom is -0.496 e. The van der Waals surface area contributed by atoms with Crippen molar-refractivity contribution in [2.75, 3.05) is 13.7 Å². The Hall–Kier alpha value is -0.870. The number of hydrogen-bond donors (Lipinski definition) is 2. The van der Waals surface area contributed by atoms with Gasteiger partial charge in [-0.15, -0.1) is 35.3 Å². The third-order valence-corrected chi connectivity index (χ3v) is 5.15. The van der Waals surface area contributed by atoms with Gasteiger partial charge < -0.3 is 15.4 Å². The van der Waals surface area contributed by atoms with Crippen LogP contribution >= 0.6 is 51.2 Å². The summed E-state index contributed by atoms with van der Waals surface area (Å²) in [5.74, 6) is 1.61. The van der Waals surface area contributed by atoms with Crippen LogP contribution in [0.4, 0.5) is 0 Å². The van der Waals surface area contributed by atoms with E-state index in [1.165, 1.54) is 4.88 Å². The van der Waals surface area contributed by atoms with E-state index in [0.29, 0.717) is 13.1 Å². The zero-order chi connectivity index (χ0) is 17.5. The molecular formula is C17H24BrIN4OS. The van der Waals surface area contributed by atoms with Crippen molar-refractivity contribution in [3.05, 3.63) is 43.8 Å². The Kier molecular flexibility index (Phi) is 9.73. The number of guanidine groups is 1. The Labute approximate surface area is 178 Å². The highest BCUT2D eigenvalue weighted by Crippen LogP contribution is 2.25. The van der Waals surface area contributed by atoms with Gasteiger partial charge in [-0.2, -0.15) is 0 Å². The van der Waals surface area contributed by atoms with Crippen LogP contribution in [0.25, 0.3) is 0 Å². The Morgan fingerprint density at radius 2 is 2.08 bits per heavy atom. The van der Waals surface area contributed by atoms with Crippen LogP contribution in [0.1, 0.15) is 28.1 Å². The van der Waals surface area contributed by atoms with Crippen molar-refractivity contribution in [3.63, 3.8) is 0 Å². The van der Waals surface area contributed by atoms with E-state index in [9.17, 15) is 0 Å². The number of nitrogens with zero attached hydrogens (tertiary/aromatic N) is 2. The van der Waals surface area contributed by atoms with Crippen LogP contribution in [-0.2, 0) is 13.1 Å². The number of benzene rings is 1. The van der Waals surface area contributed by atoms with Crippen molar-refractivity contribution in [2.24, 2.45) is 4.99 Å². The molecule has 8 heteroatoms. The first-order chi connectivity index (χ1) is 11.5. The average molecular weight is 539 g/mol. The third kappa shape index (κ3) is 6.74. The maximum atomic E-state index is 5.25. The highest BCUT2D eigenvalue weighted by Gasteiger charge is 2.05. The van der Waals surface area contributed by atoms with E-state index in [2.05, 4.69) is 50.4 Å². The van der Waals surface area contributed by atoms with E-state index in [-0.39, 0.29) is 24.0 Å². The second kappa shape index (κ2) is 11.0. The highest BCUT2D eigenvalue weighted by atomic mass is 127. The monoisotopic (exact) mass is 538 g/mol. The summed E-state index contributed by atoms with van der Waals surface area (Å²) in [6, 6.07) is 5.99. The van der Waals surface area contributed by atoms with Crippen molar-refractivity contribution >= 4 is 57.2 Å². The van der Waals surface area contributed by atoms with Crippen LogP contribution in [0.15, 0.2) is 27.7 Å². The van der Waals surface area contributed by atoms with E-state index in [1.54, 1.807) is 18.4 Å².